The van der Waals surface area contributed by atoms with Gasteiger partial charge in [0.15, 0.2) is 11.0 Å². The molecule has 1 aromatic heterocycles. The number of amides is 2. The number of imide groups is 1. The average Bonchev–Trinajstić information content (AvgIpc) is 2.29. The monoisotopic (exact) mass is 254 g/mol. The maximum atomic E-state index is 11.6. The number of halogens is 1. The van der Waals surface area contributed by atoms with E-state index >= 15 is 0 Å². The Kier molecular flexibility index (Phi) is 3.23. The summed E-state index contributed by atoms with van der Waals surface area (Å²) < 4.78 is 0. The zero-order chi connectivity index (χ0) is 12.4. The Labute approximate surface area is 103 Å². The molecule has 1 saturated heterocycles. The highest BCUT2D eigenvalue weighted by Gasteiger charge is 2.33. The number of aromatic nitrogens is 2. The third kappa shape index (κ3) is 2.36. The highest BCUT2D eigenvalue weighted by Crippen LogP contribution is 2.18. The van der Waals surface area contributed by atoms with Gasteiger partial charge in [-0.15, -0.1) is 10.2 Å². The van der Waals surface area contributed by atoms with E-state index in [2.05, 4.69) is 15.5 Å². The second-order valence-corrected chi connectivity index (χ2v) is 4.07. The molecule has 1 aliphatic heterocycles. The molecule has 0 spiro atoms. The lowest BCUT2D eigenvalue weighted by molar-refractivity contribution is -0.132. The van der Waals surface area contributed by atoms with Crippen LogP contribution in [0.5, 0.6) is 0 Å². The molecule has 0 bridgehead atoms. The molecule has 2 rings (SSSR count). The van der Waals surface area contributed by atoms with Crippen LogP contribution in [-0.2, 0) is 9.59 Å². The Morgan fingerprint density at radius 2 is 2.24 bits per heavy atom. The molecule has 1 aliphatic rings. The fraction of sp³-hybridized carbons (Fsp3) is 0.400. The first-order valence-corrected chi connectivity index (χ1v) is 5.59. The second-order valence-electron chi connectivity index (χ2n) is 3.68. The molecule has 1 N–H and O–H groups in total. The summed E-state index contributed by atoms with van der Waals surface area (Å²) in [6, 6.07) is 2.82. The van der Waals surface area contributed by atoms with Crippen LogP contribution < -0.4 is 10.2 Å². The number of nitrogens with zero attached hydrogens (tertiary/aromatic N) is 3. The van der Waals surface area contributed by atoms with Crippen LogP contribution in [0.3, 0.4) is 0 Å². The van der Waals surface area contributed by atoms with Crippen molar-refractivity contribution in [2.24, 2.45) is 0 Å². The van der Waals surface area contributed by atoms with E-state index in [-0.39, 0.29) is 23.5 Å². The topological polar surface area (TPSA) is 75.2 Å². The van der Waals surface area contributed by atoms with Gasteiger partial charge in [0.25, 0.3) is 0 Å². The van der Waals surface area contributed by atoms with Crippen LogP contribution in [0.2, 0.25) is 5.15 Å². The Bertz CT molecular complexity index is 448. The minimum Gasteiger partial charge on any atom is -0.334 e. The standard InChI is InChI=1S/C10H11ClN4O2/c1-2-6-10(17)12-9(16)5-15(6)8-4-3-7(11)13-14-8/h3-4,6H,2,5H2,1H3,(H,12,16,17). The highest BCUT2D eigenvalue weighted by atomic mass is 35.5. The molecule has 1 unspecified atom stereocenters. The zero-order valence-corrected chi connectivity index (χ0v) is 9.94. The second kappa shape index (κ2) is 4.67. The van der Waals surface area contributed by atoms with Crippen molar-refractivity contribution in [1.29, 1.82) is 0 Å². The van der Waals surface area contributed by atoms with E-state index in [4.69, 9.17) is 11.6 Å². The lowest BCUT2D eigenvalue weighted by Gasteiger charge is -2.33. The Balaban J connectivity index is 2.30. The molecule has 17 heavy (non-hydrogen) atoms. The Hall–Kier alpha value is -1.69. The summed E-state index contributed by atoms with van der Waals surface area (Å²) in [5, 5.41) is 10.2. The summed E-state index contributed by atoms with van der Waals surface area (Å²) in [6.45, 7) is 1.97. The zero-order valence-electron chi connectivity index (χ0n) is 9.18. The molecule has 1 fully saturated rings. The molecule has 2 heterocycles. The quantitative estimate of drug-likeness (QED) is 0.772. The van der Waals surface area contributed by atoms with Gasteiger partial charge in [0.2, 0.25) is 11.8 Å². The van der Waals surface area contributed by atoms with Crippen molar-refractivity contribution in [2.45, 2.75) is 19.4 Å². The van der Waals surface area contributed by atoms with Gasteiger partial charge in [0, 0.05) is 0 Å². The van der Waals surface area contributed by atoms with E-state index in [1.54, 1.807) is 17.0 Å². The predicted octanol–water partition coefficient (Wildman–Crippen LogP) is 0.371. The van der Waals surface area contributed by atoms with Crippen LogP contribution in [0.15, 0.2) is 12.1 Å². The maximum absolute atomic E-state index is 11.6. The summed E-state index contributed by atoms with van der Waals surface area (Å²) in [6.07, 6.45) is 0.587. The SMILES string of the molecule is CCC1C(=O)NC(=O)CN1c1ccc(Cl)nn1. The van der Waals surface area contributed by atoms with Gasteiger partial charge >= 0.3 is 0 Å². The predicted molar refractivity (Wildman–Crippen MR) is 61.6 cm³/mol. The molecule has 0 aromatic carbocycles. The van der Waals surface area contributed by atoms with Gasteiger partial charge in [-0.3, -0.25) is 14.9 Å². The summed E-state index contributed by atoms with van der Waals surface area (Å²) in [7, 11) is 0. The molecule has 90 valence electrons. The molecule has 1 aromatic rings. The molecule has 1 atom stereocenters. The number of anilines is 1. The maximum Gasteiger partial charge on any atom is 0.249 e. The number of hydrogen-bond donors (Lipinski definition) is 1. The van der Waals surface area contributed by atoms with Gasteiger partial charge < -0.3 is 4.90 Å². The molecule has 0 radical (unpaired) electrons. The molecular weight excluding hydrogens is 244 g/mol. The van der Waals surface area contributed by atoms with Crippen molar-refractivity contribution in [3.63, 3.8) is 0 Å². The lowest BCUT2D eigenvalue weighted by atomic mass is 10.1. The molecular formula is C10H11ClN4O2. The lowest BCUT2D eigenvalue weighted by Crippen LogP contribution is -2.58. The summed E-state index contributed by atoms with van der Waals surface area (Å²) in [5.74, 6) is -0.165. The summed E-state index contributed by atoms with van der Waals surface area (Å²) >= 11 is 5.64. The number of carbonyl (C=O) groups excluding carboxylic acids is 2. The van der Waals surface area contributed by atoms with Gasteiger partial charge in [0.1, 0.15) is 6.04 Å². The van der Waals surface area contributed by atoms with Crippen LogP contribution in [0.4, 0.5) is 5.82 Å². The Morgan fingerprint density at radius 3 is 2.82 bits per heavy atom. The fourth-order valence-corrected chi connectivity index (χ4v) is 1.88. The van der Waals surface area contributed by atoms with Crippen molar-refractivity contribution in [2.75, 3.05) is 11.4 Å². The number of hydrogen-bond acceptors (Lipinski definition) is 5. The van der Waals surface area contributed by atoms with E-state index < -0.39 is 6.04 Å². The van der Waals surface area contributed by atoms with Gasteiger partial charge in [-0.1, -0.05) is 18.5 Å². The molecule has 7 heteroatoms. The smallest absolute Gasteiger partial charge is 0.249 e. The van der Waals surface area contributed by atoms with Crippen LogP contribution >= 0.6 is 11.6 Å². The van der Waals surface area contributed by atoms with Gasteiger partial charge in [-0.25, -0.2) is 0 Å². The molecule has 2 amide bonds. The minimum atomic E-state index is -0.400. The number of carbonyl (C=O) groups is 2. The third-order valence-electron chi connectivity index (χ3n) is 2.55. The van der Waals surface area contributed by atoms with Gasteiger partial charge in [-0.2, -0.15) is 0 Å². The van der Waals surface area contributed by atoms with Crippen molar-refractivity contribution in [3.05, 3.63) is 17.3 Å². The average molecular weight is 255 g/mol. The summed E-state index contributed by atoms with van der Waals surface area (Å²) in [4.78, 5) is 24.6. The van der Waals surface area contributed by atoms with Crippen LogP contribution in [-0.4, -0.2) is 34.6 Å². The van der Waals surface area contributed by atoms with E-state index in [0.29, 0.717) is 12.2 Å². The van der Waals surface area contributed by atoms with Crippen molar-refractivity contribution < 1.29 is 9.59 Å². The third-order valence-corrected chi connectivity index (χ3v) is 2.76. The highest BCUT2D eigenvalue weighted by molar-refractivity contribution is 6.29. The van der Waals surface area contributed by atoms with Crippen LogP contribution in [0.1, 0.15) is 13.3 Å². The van der Waals surface area contributed by atoms with Crippen LogP contribution in [0.25, 0.3) is 0 Å². The van der Waals surface area contributed by atoms with Crippen molar-refractivity contribution in [3.8, 4) is 0 Å². The van der Waals surface area contributed by atoms with Gasteiger partial charge in [0.05, 0.1) is 6.54 Å². The van der Waals surface area contributed by atoms with E-state index in [0.717, 1.165) is 0 Å². The number of rotatable bonds is 2. The van der Waals surface area contributed by atoms with Crippen molar-refractivity contribution in [1.82, 2.24) is 15.5 Å². The van der Waals surface area contributed by atoms with Gasteiger partial charge in [-0.05, 0) is 18.6 Å². The normalized spacial score (nSPS) is 20.4. The van der Waals surface area contributed by atoms with E-state index in [1.807, 2.05) is 6.92 Å². The number of piperazine rings is 1. The molecule has 0 aliphatic carbocycles. The van der Waals surface area contributed by atoms with Crippen LogP contribution in [0, 0.1) is 0 Å². The fourth-order valence-electron chi connectivity index (χ4n) is 1.78. The molecule has 6 nitrogen and oxygen atoms in total. The largest absolute Gasteiger partial charge is 0.334 e. The number of nitrogens with one attached hydrogen (secondary N) is 1. The summed E-state index contributed by atoms with van der Waals surface area (Å²) in [5.41, 5.74) is 0. The first-order valence-electron chi connectivity index (χ1n) is 5.21. The van der Waals surface area contributed by atoms with Crippen molar-refractivity contribution >= 4 is 29.2 Å². The first-order chi connectivity index (χ1) is 8.11. The Morgan fingerprint density at radius 1 is 1.47 bits per heavy atom. The van der Waals surface area contributed by atoms with E-state index in [9.17, 15) is 9.59 Å². The first kappa shape index (κ1) is 11.8. The van der Waals surface area contributed by atoms with E-state index in [1.165, 1.54) is 0 Å². The minimum absolute atomic E-state index is 0.0978. The molecule has 0 saturated carbocycles.